The zero-order valence-electron chi connectivity index (χ0n) is 10.3. The minimum Gasteiger partial charge on any atom is -0.481 e. The maximum absolute atomic E-state index is 10.8. The molecule has 92 valence electrons. The molecular formula is C13H18N2O2. The Kier molecular flexibility index (Phi) is 3.22. The molecule has 0 spiro atoms. The molecule has 0 saturated carbocycles. The van der Waals surface area contributed by atoms with Crippen LogP contribution in [0.5, 0.6) is 0 Å². The Morgan fingerprint density at radius 2 is 2.00 bits per heavy atom. The first-order valence-electron chi connectivity index (χ1n) is 5.88. The summed E-state index contributed by atoms with van der Waals surface area (Å²) in [6, 6.07) is 8.18. The van der Waals surface area contributed by atoms with Gasteiger partial charge in [0.15, 0.2) is 0 Å². The highest BCUT2D eigenvalue weighted by Gasteiger charge is 2.24. The summed E-state index contributed by atoms with van der Waals surface area (Å²) in [6.45, 7) is 3.78. The van der Waals surface area contributed by atoms with Crippen LogP contribution in [0.15, 0.2) is 24.3 Å². The van der Waals surface area contributed by atoms with E-state index in [9.17, 15) is 4.79 Å². The SMILES string of the molecule is CC(CC(=O)O)N1CCN(C)c2ccccc21. The lowest BCUT2D eigenvalue weighted by atomic mass is 10.1. The minimum absolute atomic E-state index is 0.0300. The van der Waals surface area contributed by atoms with E-state index in [1.807, 2.05) is 19.1 Å². The van der Waals surface area contributed by atoms with Gasteiger partial charge in [0.25, 0.3) is 0 Å². The van der Waals surface area contributed by atoms with Crippen molar-refractivity contribution in [3.63, 3.8) is 0 Å². The number of anilines is 2. The Morgan fingerprint density at radius 1 is 1.35 bits per heavy atom. The summed E-state index contributed by atoms with van der Waals surface area (Å²) < 4.78 is 0. The van der Waals surface area contributed by atoms with Crippen LogP contribution >= 0.6 is 0 Å². The summed E-state index contributed by atoms with van der Waals surface area (Å²) in [4.78, 5) is 15.2. The first-order valence-corrected chi connectivity index (χ1v) is 5.88. The highest BCUT2D eigenvalue weighted by atomic mass is 16.4. The van der Waals surface area contributed by atoms with Crippen LogP contribution in [0, 0.1) is 0 Å². The number of para-hydroxylation sites is 2. The van der Waals surface area contributed by atoms with Crippen LogP contribution in [0.2, 0.25) is 0 Å². The smallest absolute Gasteiger partial charge is 0.305 e. The molecule has 4 heteroatoms. The van der Waals surface area contributed by atoms with E-state index < -0.39 is 5.97 Å². The van der Waals surface area contributed by atoms with Crippen molar-refractivity contribution in [2.24, 2.45) is 0 Å². The average molecular weight is 234 g/mol. The van der Waals surface area contributed by atoms with Crippen molar-refractivity contribution in [1.29, 1.82) is 0 Å². The maximum atomic E-state index is 10.8. The number of rotatable bonds is 3. The van der Waals surface area contributed by atoms with E-state index in [0.29, 0.717) is 0 Å². The molecule has 17 heavy (non-hydrogen) atoms. The second-order valence-electron chi connectivity index (χ2n) is 4.55. The number of carbonyl (C=O) groups is 1. The summed E-state index contributed by atoms with van der Waals surface area (Å²) in [5, 5.41) is 8.88. The molecule has 1 unspecified atom stereocenters. The lowest BCUT2D eigenvalue weighted by Crippen LogP contribution is -2.44. The standard InChI is InChI=1S/C13H18N2O2/c1-10(9-13(16)17)15-8-7-14(2)11-5-3-4-6-12(11)15/h3-6,10H,7-9H2,1-2H3,(H,16,17). The quantitative estimate of drug-likeness (QED) is 0.866. The second-order valence-corrected chi connectivity index (χ2v) is 4.55. The normalized spacial score (nSPS) is 16.6. The molecule has 0 aromatic heterocycles. The van der Waals surface area contributed by atoms with Crippen molar-refractivity contribution < 1.29 is 9.90 Å². The monoisotopic (exact) mass is 234 g/mol. The number of carboxylic acid groups (broad SMARTS) is 1. The Labute approximate surface area is 101 Å². The van der Waals surface area contributed by atoms with Crippen molar-refractivity contribution in [1.82, 2.24) is 0 Å². The molecule has 0 saturated heterocycles. The van der Waals surface area contributed by atoms with Crippen LogP contribution < -0.4 is 9.80 Å². The molecular weight excluding hydrogens is 216 g/mol. The van der Waals surface area contributed by atoms with Gasteiger partial charge in [-0.05, 0) is 19.1 Å². The average Bonchev–Trinajstić information content (AvgIpc) is 2.29. The fourth-order valence-corrected chi connectivity index (χ4v) is 2.35. The number of hydrogen-bond donors (Lipinski definition) is 1. The van der Waals surface area contributed by atoms with Crippen LogP contribution in [0.1, 0.15) is 13.3 Å². The van der Waals surface area contributed by atoms with Crippen molar-refractivity contribution in [2.45, 2.75) is 19.4 Å². The summed E-state index contributed by atoms with van der Waals surface area (Å²) in [5.74, 6) is -0.742. The molecule has 0 fully saturated rings. The third-order valence-corrected chi connectivity index (χ3v) is 3.28. The Balaban J connectivity index is 2.26. The molecule has 0 amide bonds. The molecule has 0 radical (unpaired) electrons. The van der Waals surface area contributed by atoms with E-state index in [4.69, 9.17) is 5.11 Å². The van der Waals surface area contributed by atoms with Gasteiger partial charge in [-0.3, -0.25) is 4.79 Å². The number of benzene rings is 1. The Hall–Kier alpha value is -1.71. The van der Waals surface area contributed by atoms with E-state index in [1.165, 1.54) is 5.69 Å². The van der Waals surface area contributed by atoms with Crippen LogP contribution in [0.4, 0.5) is 11.4 Å². The van der Waals surface area contributed by atoms with Gasteiger partial charge in [0, 0.05) is 26.2 Å². The predicted molar refractivity (Wildman–Crippen MR) is 68.8 cm³/mol. The largest absolute Gasteiger partial charge is 0.481 e. The van der Waals surface area contributed by atoms with Gasteiger partial charge in [-0.25, -0.2) is 0 Å². The van der Waals surface area contributed by atoms with Gasteiger partial charge >= 0.3 is 5.97 Å². The third kappa shape index (κ3) is 2.35. The molecule has 0 aliphatic carbocycles. The Morgan fingerprint density at radius 3 is 2.65 bits per heavy atom. The lowest BCUT2D eigenvalue weighted by molar-refractivity contribution is -0.137. The van der Waals surface area contributed by atoms with Gasteiger partial charge in [-0.2, -0.15) is 0 Å². The number of aliphatic carboxylic acids is 1. The fourth-order valence-electron chi connectivity index (χ4n) is 2.35. The Bertz CT molecular complexity index is 420. The minimum atomic E-state index is -0.742. The van der Waals surface area contributed by atoms with Crippen LogP contribution in [-0.2, 0) is 4.79 Å². The highest BCUT2D eigenvalue weighted by molar-refractivity contribution is 5.75. The number of hydrogen-bond acceptors (Lipinski definition) is 3. The molecule has 1 heterocycles. The molecule has 1 aliphatic heterocycles. The van der Waals surface area contributed by atoms with Gasteiger partial charge in [-0.1, -0.05) is 12.1 Å². The van der Waals surface area contributed by atoms with E-state index in [-0.39, 0.29) is 12.5 Å². The summed E-state index contributed by atoms with van der Waals surface area (Å²) >= 11 is 0. The number of carboxylic acids is 1. The van der Waals surface area contributed by atoms with Crippen LogP contribution in [0.3, 0.4) is 0 Å². The molecule has 0 bridgehead atoms. The van der Waals surface area contributed by atoms with Gasteiger partial charge in [0.1, 0.15) is 0 Å². The van der Waals surface area contributed by atoms with E-state index in [0.717, 1.165) is 18.8 Å². The van der Waals surface area contributed by atoms with Crippen LogP contribution in [-0.4, -0.2) is 37.3 Å². The van der Waals surface area contributed by atoms with Gasteiger partial charge in [0.2, 0.25) is 0 Å². The molecule has 2 rings (SSSR count). The molecule has 1 atom stereocenters. The first-order chi connectivity index (χ1) is 8.09. The lowest BCUT2D eigenvalue weighted by Gasteiger charge is -2.40. The number of nitrogens with zero attached hydrogens (tertiary/aromatic N) is 2. The van der Waals surface area contributed by atoms with Gasteiger partial charge in [-0.15, -0.1) is 0 Å². The zero-order chi connectivity index (χ0) is 12.4. The second kappa shape index (κ2) is 4.65. The van der Waals surface area contributed by atoms with Crippen molar-refractivity contribution >= 4 is 17.3 Å². The zero-order valence-corrected chi connectivity index (χ0v) is 10.3. The van der Waals surface area contributed by atoms with Crippen molar-refractivity contribution in [2.75, 3.05) is 29.9 Å². The van der Waals surface area contributed by atoms with E-state index in [2.05, 4.69) is 29.0 Å². The highest BCUT2D eigenvalue weighted by Crippen LogP contribution is 2.33. The predicted octanol–water partition coefficient (Wildman–Crippen LogP) is 1.81. The molecule has 4 nitrogen and oxygen atoms in total. The molecule has 1 N–H and O–H groups in total. The van der Waals surface area contributed by atoms with Crippen molar-refractivity contribution in [3.8, 4) is 0 Å². The number of fused-ring (bicyclic) bond motifs is 1. The van der Waals surface area contributed by atoms with Gasteiger partial charge < -0.3 is 14.9 Å². The van der Waals surface area contributed by atoms with E-state index in [1.54, 1.807) is 0 Å². The third-order valence-electron chi connectivity index (χ3n) is 3.28. The summed E-state index contributed by atoms with van der Waals surface area (Å²) in [6.07, 6.45) is 0.179. The first kappa shape index (κ1) is 11.8. The van der Waals surface area contributed by atoms with Crippen LogP contribution in [0.25, 0.3) is 0 Å². The van der Waals surface area contributed by atoms with E-state index >= 15 is 0 Å². The van der Waals surface area contributed by atoms with Crippen molar-refractivity contribution in [3.05, 3.63) is 24.3 Å². The maximum Gasteiger partial charge on any atom is 0.305 e. The topological polar surface area (TPSA) is 43.8 Å². The molecule has 1 aliphatic rings. The summed E-state index contributed by atoms with van der Waals surface area (Å²) in [5.41, 5.74) is 2.31. The summed E-state index contributed by atoms with van der Waals surface area (Å²) in [7, 11) is 2.07. The number of likely N-dealkylation sites (N-methyl/N-ethyl adjacent to an activating group) is 1. The molecule has 1 aromatic carbocycles. The molecule has 1 aromatic rings. The fraction of sp³-hybridized carbons (Fsp3) is 0.462. The van der Waals surface area contributed by atoms with Gasteiger partial charge in [0.05, 0.1) is 17.8 Å².